The van der Waals surface area contributed by atoms with Gasteiger partial charge in [-0.15, -0.1) is 0 Å². The largest absolute Gasteiger partial charge is 0.465 e. The van der Waals surface area contributed by atoms with Crippen molar-refractivity contribution in [2.45, 2.75) is 58.7 Å². The Morgan fingerprint density at radius 2 is 2.05 bits per heavy atom. The van der Waals surface area contributed by atoms with E-state index in [2.05, 4.69) is 42.0 Å². The van der Waals surface area contributed by atoms with E-state index >= 15 is 0 Å². The number of carbonyl (C=O) groups is 2. The number of benzene rings is 1. The molecule has 1 aromatic carbocycles. The van der Waals surface area contributed by atoms with E-state index in [1.807, 2.05) is 25.1 Å². The zero-order valence-electron chi connectivity index (χ0n) is 22.5. The van der Waals surface area contributed by atoms with Gasteiger partial charge in [-0.2, -0.15) is 5.26 Å². The number of carbonyl (C=O) groups excluding carboxylic acids is 1. The van der Waals surface area contributed by atoms with Crippen LogP contribution in [-0.4, -0.2) is 59.3 Å². The van der Waals surface area contributed by atoms with E-state index < -0.39 is 11.5 Å². The first-order chi connectivity index (χ1) is 18.0. The molecule has 0 radical (unpaired) electrons. The molecule has 2 saturated heterocycles. The van der Waals surface area contributed by atoms with Crippen molar-refractivity contribution in [3.05, 3.63) is 58.9 Å². The topological polar surface area (TPSA) is 119 Å². The van der Waals surface area contributed by atoms with Gasteiger partial charge in [-0.3, -0.25) is 9.78 Å². The predicted molar refractivity (Wildman–Crippen MR) is 142 cm³/mol. The van der Waals surface area contributed by atoms with Crippen LogP contribution in [0.4, 0.5) is 10.5 Å². The number of fused-ring (bicyclic) bond motifs is 1. The third-order valence-corrected chi connectivity index (χ3v) is 8.29. The van der Waals surface area contributed by atoms with Crippen LogP contribution in [0, 0.1) is 22.2 Å². The molecule has 1 aromatic heterocycles. The van der Waals surface area contributed by atoms with Crippen molar-refractivity contribution < 1.29 is 19.4 Å². The number of pyridine rings is 1. The average molecular weight is 518 g/mol. The number of aromatic nitrogens is 1. The molecule has 0 bridgehead atoms. The fourth-order valence-corrected chi connectivity index (χ4v) is 6.69. The van der Waals surface area contributed by atoms with Crippen LogP contribution < -0.4 is 10.2 Å². The van der Waals surface area contributed by atoms with E-state index in [4.69, 9.17) is 4.74 Å². The molecule has 1 spiro atoms. The summed E-state index contributed by atoms with van der Waals surface area (Å²) in [5.74, 6) is -0.219. The average Bonchev–Trinajstić information content (AvgIpc) is 3.32. The SMILES string of the molecule is CC(C)(C)C1N(C(=O)O)CC12CCN(c1ccnc(CNC(=O)c3ccc4c(c3)[C@](C)(C#N)COC4)c1)C2. The van der Waals surface area contributed by atoms with Crippen molar-refractivity contribution in [1.82, 2.24) is 15.2 Å². The summed E-state index contributed by atoms with van der Waals surface area (Å²) in [6, 6.07) is 11.7. The standard InChI is InChI=1S/C29H35N5O4/c1-27(2,3)25-29(17-34(25)26(36)37)8-10-33(16-29)22-7-9-31-21(12-22)13-32-24(35)19-5-6-20-14-38-18-28(4,15-30)23(20)11-19/h5-7,9,11-12,25H,8,10,13-14,16-18H2,1-4H3,(H,32,35)(H,36,37)/t25?,28-,29?/m1/s1. The van der Waals surface area contributed by atoms with Crippen LogP contribution in [-0.2, 0) is 23.3 Å². The Kier molecular flexibility index (Phi) is 6.35. The molecule has 200 valence electrons. The second-order valence-electron chi connectivity index (χ2n) is 12.2. The van der Waals surface area contributed by atoms with E-state index in [1.54, 1.807) is 23.2 Å². The zero-order chi connectivity index (χ0) is 27.3. The van der Waals surface area contributed by atoms with Gasteiger partial charge in [0.2, 0.25) is 0 Å². The van der Waals surface area contributed by atoms with E-state index in [0.717, 1.165) is 42.0 Å². The molecule has 2 aromatic rings. The van der Waals surface area contributed by atoms with Crippen LogP contribution in [0.3, 0.4) is 0 Å². The molecule has 5 rings (SSSR count). The lowest BCUT2D eigenvalue weighted by Gasteiger charge is -2.59. The molecule has 2 N–H and O–H groups in total. The summed E-state index contributed by atoms with van der Waals surface area (Å²) in [5.41, 5.74) is 3.08. The number of ether oxygens (including phenoxy) is 1. The van der Waals surface area contributed by atoms with E-state index in [0.29, 0.717) is 25.3 Å². The first-order valence-electron chi connectivity index (χ1n) is 13.1. The number of anilines is 1. The number of rotatable bonds is 4. The number of amides is 2. The van der Waals surface area contributed by atoms with Gasteiger partial charge in [0.25, 0.3) is 5.91 Å². The number of hydrogen-bond acceptors (Lipinski definition) is 6. The third-order valence-electron chi connectivity index (χ3n) is 8.29. The van der Waals surface area contributed by atoms with Crippen LogP contribution in [0.15, 0.2) is 36.5 Å². The molecule has 4 heterocycles. The monoisotopic (exact) mass is 517 g/mol. The first kappa shape index (κ1) is 26.0. The normalized spacial score (nSPS) is 26.4. The molecule has 9 nitrogen and oxygen atoms in total. The van der Waals surface area contributed by atoms with Crippen molar-refractivity contribution >= 4 is 17.7 Å². The summed E-state index contributed by atoms with van der Waals surface area (Å²) in [6.07, 6.45) is 1.85. The second-order valence-corrected chi connectivity index (χ2v) is 12.2. The van der Waals surface area contributed by atoms with Crippen LogP contribution >= 0.6 is 0 Å². The lowest BCUT2D eigenvalue weighted by atomic mass is 9.61. The third kappa shape index (κ3) is 4.47. The summed E-state index contributed by atoms with van der Waals surface area (Å²) in [5, 5.41) is 22.3. The maximum absolute atomic E-state index is 13.0. The van der Waals surface area contributed by atoms with Crippen LogP contribution in [0.5, 0.6) is 0 Å². The first-order valence-corrected chi connectivity index (χ1v) is 13.1. The van der Waals surface area contributed by atoms with Crippen LogP contribution in [0.1, 0.15) is 61.3 Å². The maximum atomic E-state index is 13.0. The number of nitrogens with zero attached hydrogens (tertiary/aromatic N) is 4. The minimum atomic E-state index is -0.847. The summed E-state index contributed by atoms with van der Waals surface area (Å²) in [6.45, 7) is 11.4. The number of hydrogen-bond donors (Lipinski definition) is 2. The molecular weight excluding hydrogens is 482 g/mol. The highest BCUT2D eigenvalue weighted by molar-refractivity contribution is 5.94. The minimum absolute atomic E-state index is 0.0239. The zero-order valence-corrected chi connectivity index (χ0v) is 22.5. The fourth-order valence-electron chi connectivity index (χ4n) is 6.69. The van der Waals surface area contributed by atoms with Crippen molar-refractivity contribution in [3.63, 3.8) is 0 Å². The maximum Gasteiger partial charge on any atom is 0.407 e. The highest BCUT2D eigenvalue weighted by Crippen LogP contribution is 2.52. The quantitative estimate of drug-likeness (QED) is 0.631. The second kappa shape index (κ2) is 9.28. The summed E-state index contributed by atoms with van der Waals surface area (Å²) in [7, 11) is 0. The van der Waals surface area contributed by atoms with Crippen molar-refractivity contribution in [2.24, 2.45) is 10.8 Å². The molecule has 9 heteroatoms. The Hall–Kier alpha value is -3.64. The smallest absolute Gasteiger partial charge is 0.407 e. The van der Waals surface area contributed by atoms with Crippen molar-refractivity contribution in [1.29, 1.82) is 5.26 Å². The Balaban J connectivity index is 1.26. The van der Waals surface area contributed by atoms with Gasteiger partial charge < -0.3 is 25.0 Å². The van der Waals surface area contributed by atoms with Crippen LogP contribution in [0.2, 0.25) is 0 Å². The van der Waals surface area contributed by atoms with Gasteiger partial charge in [0.15, 0.2) is 0 Å². The van der Waals surface area contributed by atoms with Gasteiger partial charge in [-0.05, 0) is 54.2 Å². The number of carboxylic acid groups (broad SMARTS) is 1. The molecule has 2 fully saturated rings. The summed E-state index contributed by atoms with van der Waals surface area (Å²) < 4.78 is 5.56. The molecule has 3 aliphatic heterocycles. The fraction of sp³-hybridized carbons (Fsp3) is 0.517. The van der Waals surface area contributed by atoms with Crippen molar-refractivity contribution in [3.8, 4) is 6.07 Å². The minimum Gasteiger partial charge on any atom is -0.465 e. The van der Waals surface area contributed by atoms with Gasteiger partial charge in [-0.1, -0.05) is 26.8 Å². The van der Waals surface area contributed by atoms with Gasteiger partial charge in [-0.25, -0.2) is 4.79 Å². The Morgan fingerprint density at radius 1 is 1.26 bits per heavy atom. The highest BCUT2D eigenvalue weighted by atomic mass is 16.5. The van der Waals surface area contributed by atoms with E-state index in [-0.39, 0.29) is 29.3 Å². The van der Waals surface area contributed by atoms with Gasteiger partial charge in [0, 0.05) is 48.5 Å². The number of nitrogens with one attached hydrogen (secondary N) is 1. The van der Waals surface area contributed by atoms with E-state index in [1.165, 1.54) is 0 Å². The lowest BCUT2D eigenvalue weighted by molar-refractivity contribution is -0.0945. The summed E-state index contributed by atoms with van der Waals surface area (Å²) >= 11 is 0. The Morgan fingerprint density at radius 3 is 2.76 bits per heavy atom. The van der Waals surface area contributed by atoms with Gasteiger partial charge in [0.1, 0.15) is 5.41 Å². The summed E-state index contributed by atoms with van der Waals surface area (Å²) in [4.78, 5) is 33.1. The molecule has 2 unspecified atom stereocenters. The Labute approximate surface area is 223 Å². The lowest BCUT2D eigenvalue weighted by Crippen LogP contribution is -2.71. The molecule has 0 saturated carbocycles. The van der Waals surface area contributed by atoms with Gasteiger partial charge >= 0.3 is 6.09 Å². The molecule has 2 amide bonds. The molecule has 3 atom stereocenters. The van der Waals surface area contributed by atoms with Crippen LogP contribution in [0.25, 0.3) is 0 Å². The number of nitriles is 1. The molecule has 38 heavy (non-hydrogen) atoms. The van der Waals surface area contributed by atoms with Crippen molar-refractivity contribution in [2.75, 3.05) is 31.1 Å². The molecular formula is C29H35N5O4. The number of likely N-dealkylation sites (tertiary alicyclic amines) is 1. The predicted octanol–water partition coefficient (Wildman–Crippen LogP) is 3.93. The van der Waals surface area contributed by atoms with E-state index in [9.17, 15) is 20.0 Å². The Bertz CT molecular complexity index is 1310. The highest BCUT2D eigenvalue weighted by Gasteiger charge is 2.61. The molecule has 3 aliphatic rings. The van der Waals surface area contributed by atoms with Gasteiger partial charge in [0.05, 0.1) is 31.5 Å². The molecule has 0 aliphatic carbocycles.